The average Bonchev–Trinajstić information content (AvgIpc) is 2.98. The van der Waals surface area contributed by atoms with Crippen molar-refractivity contribution in [2.24, 2.45) is 5.73 Å². The van der Waals surface area contributed by atoms with Crippen molar-refractivity contribution in [3.05, 3.63) is 50.9 Å². The van der Waals surface area contributed by atoms with Gasteiger partial charge in [0, 0.05) is 39.3 Å². The first-order chi connectivity index (χ1) is 11.0. The summed E-state index contributed by atoms with van der Waals surface area (Å²) in [5.74, 6) is 0.222. The molecule has 0 spiro atoms. The molecule has 0 atom stereocenters. The fraction of sp³-hybridized carbons (Fsp3) is 0.200. The van der Waals surface area contributed by atoms with E-state index in [4.69, 9.17) is 15.4 Å². The normalized spacial score (nSPS) is 12.4. The number of pyridine rings is 1. The van der Waals surface area contributed by atoms with E-state index in [0.29, 0.717) is 28.2 Å². The Morgan fingerprint density at radius 2 is 2.09 bits per heavy atom. The average molecular weight is 333 g/mol. The van der Waals surface area contributed by atoms with Gasteiger partial charge in [-0.05, 0) is 31.4 Å². The molecule has 2 aromatic rings. The number of carbonyl (C=O) groups excluding carboxylic acids is 1. The predicted octanol–water partition coefficient (Wildman–Crippen LogP) is 1.29. The van der Waals surface area contributed by atoms with Crippen LogP contribution in [0.4, 0.5) is 0 Å². The third-order valence-electron chi connectivity index (χ3n) is 3.59. The van der Waals surface area contributed by atoms with Crippen LogP contribution >= 0.6 is 11.8 Å². The summed E-state index contributed by atoms with van der Waals surface area (Å²) in [5, 5.41) is 0. The highest BCUT2D eigenvalue weighted by Gasteiger charge is 2.25. The van der Waals surface area contributed by atoms with E-state index in [9.17, 15) is 9.59 Å². The van der Waals surface area contributed by atoms with Crippen molar-refractivity contribution >= 4 is 17.7 Å². The number of hydrogen-bond donors (Lipinski definition) is 3. The number of H-pyrrole nitrogens is 1. The number of amides is 1. The SMILES string of the molecule is CSc1cc(C)[nH]c(=O)c1Cc1c(C(N)=O)ccc2c1ONO2. The lowest BCUT2D eigenvalue weighted by atomic mass is 9.98. The maximum Gasteiger partial charge on any atom is 0.252 e. The maximum atomic E-state index is 12.3. The lowest BCUT2D eigenvalue weighted by Gasteiger charge is -2.12. The topological polar surface area (TPSA) is 106 Å². The molecular weight excluding hydrogens is 318 g/mol. The van der Waals surface area contributed by atoms with Crippen LogP contribution < -0.4 is 26.6 Å². The molecule has 0 bridgehead atoms. The van der Waals surface area contributed by atoms with Crippen molar-refractivity contribution in [3.8, 4) is 11.5 Å². The summed E-state index contributed by atoms with van der Waals surface area (Å²) in [6.45, 7) is 1.82. The number of carbonyl (C=O) groups is 1. The van der Waals surface area contributed by atoms with Gasteiger partial charge in [-0.1, -0.05) is 0 Å². The summed E-state index contributed by atoms with van der Waals surface area (Å²) in [6.07, 6.45) is 2.10. The van der Waals surface area contributed by atoms with Gasteiger partial charge < -0.3 is 20.4 Å². The molecule has 4 N–H and O–H groups in total. The summed E-state index contributed by atoms with van der Waals surface area (Å²) < 4.78 is 0. The Morgan fingerprint density at radius 1 is 1.30 bits per heavy atom. The van der Waals surface area contributed by atoms with Crippen LogP contribution in [-0.4, -0.2) is 17.1 Å². The molecule has 0 saturated heterocycles. The van der Waals surface area contributed by atoms with Gasteiger partial charge in [-0.15, -0.1) is 11.8 Å². The number of benzene rings is 1. The molecule has 2 heterocycles. The minimum absolute atomic E-state index is 0.200. The second-order valence-corrected chi connectivity index (χ2v) is 5.92. The Labute approximate surface area is 136 Å². The third kappa shape index (κ3) is 2.78. The zero-order valence-electron chi connectivity index (χ0n) is 12.6. The minimum Gasteiger partial charge on any atom is -0.370 e. The number of hydrogen-bond acceptors (Lipinski definition) is 6. The van der Waals surface area contributed by atoms with Crippen LogP contribution in [0.25, 0.3) is 0 Å². The third-order valence-corrected chi connectivity index (χ3v) is 4.39. The highest BCUT2D eigenvalue weighted by atomic mass is 32.2. The largest absolute Gasteiger partial charge is 0.370 e. The van der Waals surface area contributed by atoms with Gasteiger partial charge >= 0.3 is 0 Å². The lowest BCUT2D eigenvalue weighted by molar-refractivity contribution is 0.0255. The molecule has 1 aliphatic heterocycles. The first kappa shape index (κ1) is 15.4. The van der Waals surface area contributed by atoms with Crippen molar-refractivity contribution in [3.63, 3.8) is 0 Å². The van der Waals surface area contributed by atoms with Gasteiger partial charge in [0.05, 0.1) is 0 Å². The van der Waals surface area contributed by atoms with E-state index in [2.05, 4.69) is 10.6 Å². The first-order valence-corrected chi connectivity index (χ1v) is 8.05. The molecule has 3 rings (SSSR count). The highest BCUT2D eigenvalue weighted by Crippen LogP contribution is 2.37. The molecule has 8 heteroatoms. The predicted molar refractivity (Wildman–Crippen MR) is 85.7 cm³/mol. The Kier molecular flexibility index (Phi) is 4.01. The van der Waals surface area contributed by atoms with Gasteiger partial charge in [-0.3, -0.25) is 9.59 Å². The molecule has 0 saturated carbocycles. The Balaban J connectivity index is 2.16. The highest BCUT2D eigenvalue weighted by molar-refractivity contribution is 7.98. The van der Waals surface area contributed by atoms with E-state index in [-0.39, 0.29) is 12.0 Å². The van der Waals surface area contributed by atoms with Crippen LogP contribution in [0.2, 0.25) is 0 Å². The summed E-state index contributed by atoms with van der Waals surface area (Å²) in [5.41, 5.74) is 9.68. The second kappa shape index (κ2) is 5.98. The van der Waals surface area contributed by atoms with Crippen molar-refractivity contribution in [1.82, 2.24) is 10.6 Å². The molecule has 0 unspecified atom stereocenters. The Bertz CT molecular complexity index is 847. The number of aromatic amines is 1. The molecule has 0 aliphatic carbocycles. The molecule has 0 fully saturated rings. The lowest BCUT2D eigenvalue weighted by Crippen LogP contribution is -2.19. The van der Waals surface area contributed by atoms with E-state index in [1.807, 2.05) is 19.2 Å². The van der Waals surface area contributed by atoms with Gasteiger partial charge in [-0.25, -0.2) is 0 Å². The molecule has 1 aromatic heterocycles. The molecule has 1 aromatic carbocycles. The van der Waals surface area contributed by atoms with E-state index in [1.54, 1.807) is 12.1 Å². The Morgan fingerprint density at radius 3 is 2.78 bits per heavy atom. The van der Waals surface area contributed by atoms with Crippen molar-refractivity contribution in [2.75, 3.05) is 6.26 Å². The van der Waals surface area contributed by atoms with E-state index in [0.717, 1.165) is 10.6 Å². The number of rotatable bonds is 4. The van der Waals surface area contributed by atoms with Gasteiger partial charge in [0.25, 0.3) is 5.56 Å². The van der Waals surface area contributed by atoms with Crippen LogP contribution in [0.3, 0.4) is 0 Å². The monoisotopic (exact) mass is 333 g/mol. The number of fused-ring (bicyclic) bond motifs is 1. The smallest absolute Gasteiger partial charge is 0.252 e. The van der Waals surface area contributed by atoms with Gasteiger partial charge in [0.15, 0.2) is 11.5 Å². The standard InChI is InChI=1S/C15H15N3O4S/c1-7-5-12(23-2)10(15(20)17-7)6-9-8(14(16)19)3-4-11-13(9)22-18-21-11/h3-5,18H,6H2,1-2H3,(H2,16,19)(H,17,20). The quantitative estimate of drug-likeness (QED) is 0.728. The van der Waals surface area contributed by atoms with Crippen LogP contribution in [0, 0.1) is 6.92 Å². The summed E-state index contributed by atoms with van der Waals surface area (Å²) in [7, 11) is 0. The molecule has 1 amide bonds. The summed E-state index contributed by atoms with van der Waals surface area (Å²) >= 11 is 1.47. The molecular formula is C15H15N3O4S. The van der Waals surface area contributed by atoms with Gasteiger partial charge in [0.2, 0.25) is 5.91 Å². The summed E-state index contributed by atoms with van der Waals surface area (Å²) in [4.78, 5) is 38.0. The van der Waals surface area contributed by atoms with Crippen LogP contribution in [-0.2, 0) is 6.42 Å². The zero-order valence-corrected chi connectivity index (χ0v) is 13.4. The number of thioether (sulfide) groups is 1. The first-order valence-electron chi connectivity index (χ1n) is 6.82. The van der Waals surface area contributed by atoms with Gasteiger partial charge in [-0.2, -0.15) is 0 Å². The maximum absolute atomic E-state index is 12.3. The number of aryl methyl sites for hydroxylation is 1. The van der Waals surface area contributed by atoms with Crippen molar-refractivity contribution in [2.45, 2.75) is 18.2 Å². The number of nitrogens with one attached hydrogen (secondary N) is 2. The fourth-order valence-corrected chi connectivity index (χ4v) is 3.23. The molecule has 1 aliphatic rings. The minimum atomic E-state index is -0.590. The zero-order chi connectivity index (χ0) is 16.6. The second-order valence-electron chi connectivity index (χ2n) is 5.08. The van der Waals surface area contributed by atoms with Crippen LogP contribution in [0.1, 0.15) is 27.2 Å². The number of primary amides is 1. The molecule has 120 valence electrons. The molecule has 0 radical (unpaired) electrons. The Hall–Kier alpha value is -2.45. The molecule has 23 heavy (non-hydrogen) atoms. The van der Waals surface area contributed by atoms with Gasteiger partial charge in [0.1, 0.15) is 0 Å². The molecule has 7 nitrogen and oxygen atoms in total. The number of nitrogens with two attached hydrogens (primary N) is 1. The van der Waals surface area contributed by atoms with Crippen molar-refractivity contribution < 1.29 is 14.5 Å². The fourth-order valence-electron chi connectivity index (χ4n) is 2.52. The van der Waals surface area contributed by atoms with E-state index < -0.39 is 5.91 Å². The van der Waals surface area contributed by atoms with Crippen molar-refractivity contribution in [1.29, 1.82) is 0 Å². The van der Waals surface area contributed by atoms with E-state index in [1.165, 1.54) is 11.8 Å². The van der Waals surface area contributed by atoms with E-state index >= 15 is 0 Å². The van der Waals surface area contributed by atoms with Crippen LogP contribution in [0.5, 0.6) is 11.5 Å². The summed E-state index contributed by atoms with van der Waals surface area (Å²) in [6, 6.07) is 5.05. The number of aromatic nitrogens is 1. The van der Waals surface area contributed by atoms with Crippen LogP contribution in [0.15, 0.2) is 27.9 Å².